The number of ether oxygens (including phenoxy) is 1. The second-order valence-corrected chi connectivity index (χ2v) is 4.75. The minimum atomic E-state index is -1.17. The molecule has 0 amide bonds. The first-order valence-corrected chi connectivity index (χ1v) is 6.19. The second-order valence-electron chi connectivity index (χ2n) is 3.17. The van der Waals surface area contributed by atoms with Crippen molar-refractivity contribution >= 4 is 10.8 Å². The van der Waals surface area contributed by atoms with Gasteiger partial charge in [-0.3, -0.25) is 4.21 Å². The molecule has 16 heavy (non-hydrogen) atoms. The van der Waals surface area contributed by atoms with Crippen LogP contribution >= 0.6 is 0 Å². The third-order valence-electron chi connectivity index (χ3n) is 2.03. The minimum Gasteiger partial charge on any atom is -0.384 e. The van der Waals surface area contributed by atoms with Gasteiger partial charge in [0, 0.05) is 29.2 Å². The number of nitriles is 1. The maximum atomic E-state index is 13.6. The molecule has 1 aromatic carbocycles. The second kappa shape index (κ2) is 6.36. The maximum Gasteiger partial charge on any atom is 0.145 e. The monoisotopic (exact) mass is 241 g/mol. The maximum absolute atomic E-state index is 13.6. The van der Waals surface area contributed by atoms with Crippen molar-refractivity contribution in [2.24, 2.45) is 0 Å². The summed E-state index contributed by atoms with van der Waals surface area (Å²) in [5.41, 5.74) is 0.301. The number of rotatable bonds is 5. The Hall–Kier alpha value is -1.25. The molecular formula is C11H12FNO2S. The average Bonchev–Trinajstić information content (AvgIpc) is 2.29. The van der Waals surface area contributed by atoms with Crippen molar-refractivity contribution in [3.05, 3.63) is 35.1 Å². The van der Waals surface area contributed by atoms with E-state index in [9.17, 15) is 8.60 Å². The molecule has 0 radical (unpaired) electrons. The molecule has 0 aliphatic rings. The van der Waals surface area contributed by atoms with E-state index in [0.29, 0.717) is 17.9 Å². The van der Waals surface area contributed by atoms with Crippen molar-refractivity contribution < 1.29 is 13.3 Å². The van der Waals surface area contributed by atoms with Crippen LogP contribution in [0.25, 0.3) is 0 Å². The third-order valence-corrected chi connectivity index (χ3v) is 3.29. The Morgan fingerprint density at radius 2 is 2.31 bits per heavy atom. The molecule has 3 nitrogen and oxygen atoms in total. The van der Waals surface area contributed by atoms with Crippen LogP contribution in [0.5, 0.6) is 0 Å². The van der Waals surface area contributed by atoms with Gasteiger partial charge in [-0.2, -0.15) is 5.26 Å². The number of hydrogen-bond donors (Lipinski definition) is 0. The van der Waals surface area contributed by atoms with E-state index in [1.807, 2.05) is 0 Å². The van der Waals surface area contributed by atoms with Gasteiger partial charge in [-0.1, -0.05) is 12.1 Å². The Labute approximate surface area is 96.3 Å². The fraction of sp³-hybridized carbons (Fsp3) is 0.364. The van der Waals surface area contributed by atoms with Crippen molar-refractivity contribution in [1.29, 1.82) is 5.26 Å². The lowest BCUT2D eigenvalue weighted by Gasteiger charge is -2.04. The molecule has 0 spiro atoms. The Morgan fingerprint density at radius 3 is 2.94 bits per heavy atom. The van der Waals surface area contributed by atoms with Crippen LogP contribution in [0.1, 0.15) is 11.1 Å². The van der Waals surface area contributed by atoms with E-state index >= 15 is 0 Å². The fourth-order valence-electron chi connectivity index (χ4n) is 1.20. The van der Waals surface area contributed by atoms with Crippen LogP contribution in [-0.4, -0.2) is 23.7 Å². The third kappa shape index (κ3) is 3.40. The zero-order valence-electron chi connectivity index (χ0n) is 8.90. The first-order chi connectivity index (χ1) is 7.69. The van der Waals surface area contributed by atoms with Crippen molar-refractivity contribution in [2.45, 2.75) is 5.75 Å². The summed E-state index contributed by atoms with van der Waals surface area (Å²) < 4.78 is 29.9. The van der Waals surface area contributed by atoms with Gasteiger partial charge in [0.25, 0.3) is 0 Å². The molecule has 0 heterocycles. The number of hydrogen-bond acceptors (Lipinski definition) is 3. The topological polar surface area (TPSA) is 50.1 Å². The van der Waals surface area contributed by atoms with E-state index in [1.165, 1.54) is 13.2 Å². The van der Waals surface area contributed by atoms with Crippen LogP contribution in [0.2, 0.25) is 0 Å². The van der Waals surface area contributed by atoms with Gasteiger partial charge >= 0.3 is 0 Å². The molecule has 0 fully saturated rings. The molecule has 0 aromatic heterocycles. The van der Waals surface area contributed by atoms with Crippen molar-refractivity contribution in [3.63, 3.8) is 0 Å². The summed E-state index contributed by atoms with van der Waals surface area (Å²) >= 11 is 0. The molecule has 0 saturated heterocycles. The Kier molecular flexibility index (Phi) is 5.09. The summed E-state index contributed by atoms with van der Waals surface area (Å²) in [5.74, 6) is -0.0898. The van der Waals surface area contributed by atoms with E-state index < -0.39 is 16.6 Å². The number of benzene rings is 1. The Morgan fingerprint density at radius 1 is 1.56 bits per heavy atom. The summed E-state index contributed by atoms with van der Waals surface area (Å²) in [6, 6.07) is 6.28. The summed E-state index contributed by atoms with van der Waals surface area (Å²) in [4.78, 5) is 0. The first-order valence-electron chi connectivity index (χ1n) is 4.70. The van der Waals surface area contributed by atoms with E-state index in [4.69, 9.17) is 10.00 Å². The molecule has 0 aliphatic heterocycles. The SMILES string of the molecule is COCCS(=O)Cc1cccc(C#N)c1F. The summed E-state index contributed by atoms with van der Waals surface area (Å²) in [6.45, 7) is 0.381. The molecule has 1 unspecified atom stereocenters. The smallest absolute Gasteiger partial charge is 0.145 e. The molecule has 86 valence electrons. The van der Waals surface area contributed by atoms with Crippen LogP contribution in [0.15, 0.2) is 18.2 Å². The van der Waals surface area contributed by atoms with Crippen molar-refractivity contribution in [1.82, 2.24) is 0 Å². The normalized spacial score (nSPS) is 12.1. The van der Waals surface area contributed by atoms with Gasteiger partial charge in [0.15, 0.2) is 0 Å². The molecule has 1 aromatic rings. The van der Waals surface area contributed by atoms with Crippen LogP contribution in [-0.2, 0) is 21.3 Å². The molecule has 0 saturated carbocycles. The molecular weight excluding hydrogens is 229 g/mol. The fourth-order valence-corrected chi connectivity index (χ4v) is 2.27. The lowest BCUT2D eigenvalue weighted by Crippen LogP contribution is -2.07. The molecule has 1 atom stereocenters. The van der Waals surface area contributed by atoms with Gasteiger partial charge in [-0.15, -0.1) is 0 Å². The highest BCUT2D eigenvalue weighted by molar-refractivity contribution is 7.84. The van der Waals surface area contributed by atoms with Crippen LogP contribution in [0.3, 0.4) is 0 Å². The zero-order valence-corrected chi connectivity index (χ0v) is 9.72. The number of methoxy groups -OCH3 is 1. The van der Waals surface area contributed by atoms with E-state index in [2.05, 4.69) is 0 Å². The predicted molar refractivity (Wildman–Crippen MR) is 59.7 cm³/mol. The van der Waals surface area contributed by atoms with E-state index in [1.54, 1.807) is 18.2 Å². The van der Waals surface area contributed by atoms with Gasteiger partial charge in [0.1, 0.15) is 11.9 Å². The van der Waals surface area contributed by atoms with Gasteiger partial charge in [-0.25, -0.2) is 4.39 Å². The number of halogens is 1. The van der Waals surface area contributed by atoms with Crippen molar-refractivity contribution in [2.75, 3.05) is 19.5 Å². The molecule has 0 bridgehead atoms. The lowest BCUT2D eigenvalue weighted by atomic mass is 10.1. The highest BCUT2D eigenvalue weighted by Gasteiger charge is 2.10. The highest BCUT2D eigenvalue weighted by atomic mass is 32.2. The standard InChI is InChI=1S/C11H12FNO2S/c1-15-5-6-16(14)8-10-4-2-3-9(7-13)11(10)12/h2-4H,5-6,8H2,1H3. The van der Waals surface area contributed by atoms with Gasteiger partial charge in [-0.05, 0) is 6.07 Å². The van der Waals surface area contributed by atoms with Gasteiger partial charge < -0.3 is 4.74 Å². The first kappa shape index (κ1) is 12.8. The largest absolute Gasteiger partial charge is 0.384 e. The van der Waals surface area contributed by atoms with E-state index in [-0.39, 0.29) is 11.3 Å². The van der Waals surface area contributed by atoms with Crippen LogP contribution in [0, 0.1) is 17.1 Å². The quantitative estimate of drug-likeness (QED) is 0.786. The molecule has 0 N–H and O–H groups in total. The lowest BCUT2D eigenvalue weighted by molar-refractivity contribution is 0.218. The molecule has 1 rings (SSSR count). The average molecular weight is 241 g/mol. The summed E-state index contributed by atoms with van der Waals surface area (Å²) in [5, 5.41) is 8.63. The highest BCUT2D eigenvalue weighted by Crippen LogP contribution is 2.13. The molecule has 0 aliphatic carbocycles. The van der Waals surface area contributed by atoms with Crippen LogP contribution in [0.4, 0.5) is 4.39 Å². The minimum absolute atomic E-state index is 0.0127. The Balaban J connectivity index is 2.75. The van der Waals surface area contributed by atoms with Crippen molar-refractivity contribution in [3.8, 4) is 6.07 Å². The summed E-state index contributed by atoms with van der Waals surface area (Å²) in [7, 11) is 0.356. The predicted octanol–water partition coefficient (Wildman–Crippen LogP) is 1.59. The van der Waals surface area contributed by atoms with E-state index in [0.717, 1.165) is 0 Å². The van der Waals surface area contributed by atoms with Crippen LogP contribution < -0.4 is 0 Å². The Bertz CT molecular complexity index is 428. The zero-order chi connectivity index (χ0) is 12.0. The summed E-state index contributed by atoms with van der Waals surface area (Å²) in [6.07, 6.45) is 0. The molecule has 5 heteroatoms. The number of nitrogens with zero attached hydrogens (tertiary/aromatic N) is 1. The van der Waals surface area contributed by atoms with Gasteiger partial charge in [0.2, 0.25) is 0 Å². The van der Waals surface area contributed by atoms with Gasteiger partial charge in [0.05, 0.1) is 17.9 Å².